The topological polar surface area (TPSA) is 78.5 Å². The van der Waals surface area contributed by atoms with E-state index in [0.717, 1.165) is 53.7 Å². The number of ether oxygens (including phenoxy) is 1. The molecule has 1 aromatic heterocycles. The summed E-state index contributed by atoms with van der Waals surface area (Å²) < 4.78 is 5.88. The van der Waals surface area contributed by atoms with Crippen molar-refractivity contribution in [1.29, 1.82) is 0 Å². The van der Waals surface area contributed by atoms with Crippen LogP contribution in [-0.2, 0) is 0 Å². The molecule has 0 spiro atoms. The van der Waals surface area contributed by atoms with Crippen LogP contribution < -0.4 is 4.74 Å². The average molecular weight is 448 g/mol. The maximum atomic E-state index is 13.3. The Morgan fingerprint density at radius 3 is 2.52 bits per heavy atom. The molecule has 6 nitrogen and oxygen atoms in total. The van der Waals surface area contributed by atoms with Crippen LogP contribution in [-0.4, -0.2) is 39.3 Å². The van der Waals surface area contributed by atoms with E-state index in [9.17, 15) is 9.90 Å². The van der Waals surface area contributed by atoms with Gasteiger partial charge in [-0.15, -0.1) is 0 Å². The molecule has 0 aliphatic carbocycles. The minimum Gasteiger partial charge on any atom is -0.507 e. The van der Waals surface area contributed by atoms with E-state index in [1.165, 1.54) is 0 Å². The van der Waals surface area contributed by atoms with Crippen molar-refractivity contribution in [1.82, 2.24) is 15.1 Å². The van der Waals surface area contributed by atoms with E-state index < -0.39 is 0 Å². The Hall–Kier alpha value is -3.28. The average Bonchev–Trinajstić information content (AvgIpc) is 3.31. The Balaban J connectivity index is 1.74. The molecule has 1 atom stereocenters. The summed E-state index contributed by atoms with van der Waals surface area (Å²) in [5.41, 5.74) is 5.55. The minimum atomic E-state index is -0.268. The molecule has 33 heavy (non-hydrogen) atoms. The number of aromatic amines is 1. The molecule has 2 heterocycles. The number of carbonyl (C=O) groups excluding carboxylic acids is 1. The lowest BCUT2D eigenvalue weighted by Gasteiger charge is -2.26. The highest BCUT2D eigenvalue weighted by atomic mass is 16.5. The number of hydrogen-bond acceptors (Lipinski definition) is 4. The van der Waals surface area contributed by atoms with E-state index in [1.807, 2.05) is 49.1 Å². The third kappa shape index (κ3) is 4.34. The summed E-state index contributed by atoms with van der Waals surface area (Å²) in [5.74, 6) is 0.957. The normalized spacial score (nSPS) is 15.2. The number of fused-ring (bicyclic) bond motifs is 1. The molecule has 0 bridgehead atoms. The van der Waals surface area contributed by atoms with Crippen molar-refractivity contribution in [3.8, 4) is 22.8 Å². The SMILES string of the molecule is CCCCCOc1ccc(C2c3c(-c4c(C)cc(C)cc4O)n[nH]c3C(=O)N2CCC)cc1. The van der Waals surface area contributed by atoms with Gasteiger partial charge in [0.05, 0.1) is 12.6 Å². The van der Waals surface area contributed by atoms with Crippen LogP contribution in [0.5, 0.6) is 11.5 Å². The Morgan fingerprint density at radius 2 is 1.85 bits per heavy atom. The van der Waals surface area contributed by atoms with Crippen molar-refractivity contribution in [3.05, 3.63) is 64.3 Å². The number of nitrogens with one attached hydrogen (secondary N) is 1. The second-order valence-electron chi connectivity index (χ2n) is 8.86. The van der Waals surface area contributed by atoms with Crippen molar-refractivity contribution in [2.75, 3.05) is 13.2 Å². The zero-order valence-corrected chi connectivity index (χ0v) is 19.9. The number of phenolic OH excluding ortho intramolecular Hbond substituents is 1. The molecular formula is C27H33N3O3. The van der Waals surface area contributed by atoms with Gasteiger partial charge in [-0.25, -0.2) is 0 Å². The van der Waals surface area contributed by atoms with Gasteiger partial charge in [0.1, 0.15) is 22.9 Å². The van der Waals surface area contributed by atoms with Crippen LogP contribution in [0.2, 0.25) is 0 Å². The molecule has 1 aliphatic heterocycles. The van der Waals surface area contributed by atoms with Crippen molar-refractivity contribution in [2.45, 2.75) is 59.4 Å². The summed E-state index contributed by atoms with van der Waals surface area (Å²) in [4.78, 5) is 15.2. The Kier molecular flexibility index (Phi) is 6.72. The molecule has 0 radical (unpaired) electrons. The predicted octanol–water partition coefficient (Wildman–Crippen LogP) is 5.92. The van der Waals surface area contributed by atoms with E-state index in [0.29, 0.717) is 30.1 Å². The maximum absolute atomic E-state index is 13.3. The number of H-pyrrole nitrogens is 1. The van der Waals surface area contributed by atoms with Crippen molar-refractivity contribution in [2.24, 2.45) is 0 Å². The van der Waals surface area contributed by atoms with E-state index >= 15 is 0 Å². The Labute approximate surface area is 195 Å². The molecule has 1 unspecified atom stereocenters. The third-order valence-corrected chi connectivity index (χ3v) is 6.24. The summed E-state index contributed by atoms with van der Waals surface area (Å²) >= 11 is 0. The van der Waals surface area contributed by atoms with Gasteiger partial charge < -0.3 is 14.7 Å². The van der Waals surface area contributed by atoms with E-state index in [2.05, 4.69) is 24.0 Å². The molecule has 1 amide bonds. The predicted molar refractivity (Wildman–Crippen MR) is 130 cm³/mol. The van der Waals surface area contributed by atoms with Gasteiger partial charge in [-0.05, 0) is 61.6 Å². The van der Waals surface area contributed by atoms with Crippen molar-refractivity contribution < 1.29 is 14.6 Å². The number of phenols is 1. The molecule has 0 fully saturated rings. The Morgan fingerprint density at radius 1 is 1.09 bits per heavy atom. The molecule has 1 aliphatic rings. The van der Waals surface area contributed by atoms with Crippen LogP contribution in [0.15, 0.2) is 36.4 Å². The number of amides is 1. The lowest BCUT2D eigenvalue weighted by Crippen LogP contribution is -2.30. The maximum Gasteiger partial charge on any atom is 0.273 e. The number of aromatic nitrogens is 2. The number of unbranched alkanes of at least 4 members (excludes halogenated alkanes) is 2. The molecule has 174 valence electrons. The highest BCUT2D eigenvalue weighted by Gasteiger charge is 2.42. The first-order chi connectivity index (χ1) is 16.0. The zero-order chi connectivity index (χ0) is 23.5. The summed E-state index contributed by atoms with van der Waals surface area (Å²) in [5, 5.41) is 18.2. The molecule has 3 aromatic rings. The summed E-state index contributed by atoms with van der Waals surface area (Å²) in [7, 11) is 0. The lowest BCUT2D eigenvalue weighted by atomic mass is 9.93. The van der Waals surface area contributed by atoms with Gasteiger partial charge in [0.2, 0.25) is 0 Å². The van der Waals surface area contributed by atoms with Crippen LogP contribution in [0.1, 0.15) is 78.3 Å². The fourth-order valence-electron chi connectivity index (χ4n) is 4.75. The number of hydrogen-bond donors (Lipinski definition) is 2. The number of aryl methyl sites for hydroxylation is 2. The minimum absolute atomic E-state index is 0.0558. The molecule has 2 aromatic carbocycles. The fraction of sp³-hybridized carbons (Fsp3) is 0.407. The summed E-state index contributed by atoms with van der Waals surface area (Å²) in [6.45, 7) is 9.50. The van der Waals surface area contributed by atoms with Crippen molar-refractivity contribution >= 4 is 5.91 Å². The first-order valence-electron chi connectivity index (χ1n) is 11.9. The van der Waals surface area contributed by atoms with Gasteiger partial charge in [0.25, 0.3) is 5.91 Å². The van der Waals surface area contributed by atoms with Gasteiger partial charge in [-0.3, -0.25) is 9.89 Å². The van der Waals surface area contributed by atoms with Crippen LogP contribution in [0.4, 0.5) is 0 Å². The molecule has 6 heteroatoms. The highest BCUT2D eigenvalue weighted by Crippen LogP contribution is 2.45. The Bertz CT molecular complexity index is 1110. The van der Waals surface area contributed by atoms with Gasteiger partial charge in [-0.2, -0.15) is 5.10 Å². The second kappa shape index (κ2) is 9.69. The number of nitrogens with zero attached hydrogens (tertiary/aromatic N) is 2. The largest absolute Gasteiger partial charge is 0.507 e. The van der Waals surface area contributed by atoms with Crippen LogP contribution in [0.3, 0.4) is 0 Å². The molecule has 4 rings (SSSR count). The first kappa shape index (κ1) is 22.9. The number of rotatable bonds is 9. The quantitative estimate of drug-likeness (QED) is 0.399. The molecular weight excluding hydrogens is 414 g/mol. The second-order valence-corrected chi connectivity index (χ2v) is 8.86. The third-order valence-electron chi connectivity index (χ3n) is 6.24. The smallest absolute Gasteiger partial charge is 0.273 e. The molecule has 2 N–H and O–H groups in total. The number of carbonyl (C=O) groups is 1. The zero-order valence-electron chi connectivity index (χ0n) is 19.9. The molecule has 0 saturated heterocycles. The standard InChI is InChI=1S/C27H33N3O3/c1-5-7-8-14-33-20-11-9-19(10-12-20)26-23-24(22-18(4)15-17(3)16-21(22)31)28-29-25(23)27(32)30(26)13-6-2/h9-12,15-16,26,31H,5-8,13-14H2,1-4H3,(H,28,29). The first-order valence-corrected chi connectivity index (χ1v) is 11.9. The highest BCUT2D eigenvalue weighted by molar-refractivity contribution is 6.00. The van der Waals surface area contributed by atoms with Crippen LogP contribution >= 0.6 is 0 Å². The summed E-state index contributed by atoms with van der Waals surface area (Å²) in [6, 6.07) is 11.5. The number of aromatic hydroxyl groups is 1. The molecule has 0 saturated carbocycles. The van der Waals surface area contributed by atoms with Crippen LogP contribution in [0, 0.1) is 13.8 Å². The summed E-state index contributed by atoms with van der Waals surface area (Å²) in [6.07, 6.45) is 4.21. The monoisotopic (exact) mass is 447 g/mol. The fourth-order valence-corrected chi connectivity index (χ4v) is 4.75. The van der Waals surface area contributed by atoms with Crippen molar-refractivity contribution in [3.63, 3.8) is 0 Å². The van der Waals surface area contributed by atoms with Gasteiger partial charge in [-0.1, -0.05) is 44.9 Å². The van der Waals surface area contributed by atoms with Crippen LogP contribution in [0.25, 0.3) is 11.3 Å². The van der Waals surface area contributed by atoms with E-state index in [-0.39, 0.29) is 17.7 Å². The van der Waals surface area contributed by atoms with Gasteiger partial charge >= 0.3 is 0 Å². The van der Waals surface area contributed by atoms with Gasteiger partial charge in [0.15, 0.2) is 0 Å². The number of benzene rings is 2. The van der Waals surface area contributed by atoms with E-state index in [4.69, 9.17) is 4.74 Å². The van der Waals surface area contributed by atoms with Gasteiger partial charge in [0, 0.05) is 17.7 Å². The lowest BCUT2D eigenvalue weighted by molar-refractivity contribution is 0.0744. The van der Waals surface area contributed by atoms with E-state index in [1.54, 1.807) is 6.07 Å².